The average molecular weight is 334 g/mol. The van der Waals surface area contributed by atoms with Gasteiger partial charge in [0.1, 0.15) is 0 Å². The molecule has 2 unspecified atom stereocenters. The van der Waals surface area contributed by atoms with Gasteiger partial charge in [-0.3, -0.25) is 0 Å². The lowest BCUT2D eigenvalue weighted by Crippen LogP contribution is -2.35. The van der Waals surface area contributed by atoms with Crippen LogP contribution in [0.4, 0.5) is 0 Å². The lowest BCUT2D eigenvalue weighted by atomic mass is 9.99. The van der Waals surface area contributed by atoms with E-state index >= 15 is 0 Å². The first-order valence-corrected chi connectivity index (χ1v) is 10.3. The van der Waals surface area contributed by atoms with Gasteiger partial charge >= 0.3 is 0 Å². The first-order chi connectivity index (χ1) is 11.1. The van der Waals surface area contributed by atoms with Crippen molar-refractivity contribution >= 4 is 11.8 Å². The van der Waals surface area contributed by atoms with Crippen molar-refractivity contribution < 1.29 is 0 Å². The van der Waals surface area contributed by atoms with Crippen LogP contribution in [0.25, 0.3) is 0 Å². The van der Waals surface area contributed by atoms with Gasteiger partial charge in [-0.25, -0.2) is 0 Å². The molecule has 1 nitrogen and oxygen atoms in total. The lowest BCUT2D eigenvalue weighted by molar-refractivity contribution is 0.233. The van der Waals surface area contributed by atoms with Gasteiger partial charge in [0, 0.05) is 16.2 Å². The SMILES string of the molecule is CC1CCCC1.C[C@H](C1CCCC1Sc1ccccc1)N(C)C. The second-order valence-electron chi connectivity index (χ2n) is 7.66. The van der Waals surface area contributed by atoms with E-state index in [1.54, 1.807) is 0 Å². The molecule has 0 N–H and O–H groups in total. The van der Waals surface area contributed by atoms with Crippen molar-refractivity contribution in [3.05, 3.63) is 30.3 Å². The zero-order valence-corrected chi connectivity index (χ0v) is 16.3. The van der Waals surface area contributed by atoms with Gasteiger partial charge in [-0.05, 0) is 57.8 Å². The molecular formula is C21H35NS. The van der Waals surface area contributed by atoms with Crippen LogP contribution in [-0.4, -0.2) is 30.3 Å². The van der Waals surface area contributed by atoms with Crippen LogP contribution in [0.3, 0.4) is 0 Å². The maximum atomic E-state index is 2.37. The van der Waals surface area contributed by atoms with Crippen molar-refractivity contribution in [1.29, 1.82) is 0 Å². The van der Waals surface area contributed by atoms with Crippen LogP contribution in [0.2, 0.25) is 0 Å². The molecule has 0 radical (unpaired) electrons. The highest BCUT2D eigenvalue weighted by Crippen LogP contribution is 2.41. The van der Waals surface area contributed by atoms with Crippen molar-refractivity contribution in [3.63, 3.8) is 0 Å². The van der Waals surface area contributed by atoms with E-state index < -0.39 is 0 Å². The molecule has 1 aromatic rings. The molecule has 0 amide bonds. The minimum atomic E-state index is 0.693. The molecule has 2 aliphatic rings. The van der Waals surface area contributed by atoms with Gasteiger partial charge < -0.3 is 4.90 Å². The van der Waals surface area contributed by atoms with Gasteiger partial charge in [0.25, 0.3) is 0 Å². The van der Waals surface area contributed by atoms with Crippen LogP contribution in [0.15, 0.2) is 35.2 Å². The number of hydrogen-bond acceptors (Lipinski definition) is 2. The zero-order chi connectivity index (χ0) is 16.7. The molecule has 0 saturated heterocycles. The first-order valence-electron chi connectivity index (χ1n) is 9.46. The maximum Gasteiger partial charge on any atom is 0.0137 e. The van der Waals surface area contributed by atoms with E-state index in [0.29, 0.717) is 6.04 Å². The molecular weight excluding hydrogens is 298 g/mol. The number of hydrogen-bond donors (Lipinski definition) is 0. The van der Waals surface area contributed by atoms with E-state index in [-0.39, 0.29) is 0 Å². The van der Waals surface area contributed by atoms with Crippen molar-refractivity contribution in [2.75, 3.05) is 14.1 Å². The van der Waals surface area contributed by atoms with Crippen LogP contribution in [0.5, 0.6) is 0 Å². The van der Waals surface area contributed by atoms with E-state index in [4.69, 9.17) is 0 Å². The molecule has 3 atom stereocenters. The number of thioether (sulfide) groups is 1. The Bertz CT molecular complexity index is 425. The van der Waals surface area contributed by atoms with Crippen molar-refractivity contribution in [3.8, 4) is 0 Å². The fraction of sp³-hybridized carbons (Fsp3) is 0.714. The standard InChI is InChI=1S/C15H23NS.C6H12/c1-12(16(2)3)14-10-7-11-15(14)17-13-8-5-4-6-9-13;1-6-4-2-3-5-6/h4-6,8-9,12,14-15H,7,10-11H2,1-3H3;6H,2-5H2,1H3/t12-,14?,15?;/m1./s1. The summed E-state index contributed by atoms with van der Waals surface area (Å²) in [5, 5.41) is 0.801. The molecule has 0 aliphatic heterocycles. The predicted octanol–water partition coefficient (Wildman–Crippen LogP) is 6.09. The van der Waals surface area contributed by atoms with E-state index in [2.05, 4.69) is 74.9 Å². The van der Waals surface area contributed by atoms with Gasteiger partial charge in [0.05, 0.1) is 0 Å². The molecule has 3 rings (SSSR count). The van der Waals surface area contributed by atoms with Gasteiger partial charge in [-0.1, -0.05) is 57.2 Å². The van der Waals surface area contributed by atoms with Crippen LogP contribution in [-0.2, 0) is 0 Å². The zero-order valence-electron chi connectivity index (χ0n) is 15.5. The average Bonchev–Trinajstić information content (AvgIpc) is 3.19. The fourth-order valence-electron chi connectivity index (χ4n) is 3.84. The van der Waals surface area contributed by atoms with Gasteiger partial charge in [-0.15, -0.1) is 11.8 Å². The highest BCUT2D eigenvalue weighted by molar-refractivity contribution is 8.00. The molecule has 130 valence electrons. The molecule has 2 heteroatoms. The van der Waals surface area contributed by atoms with E-state index in [1.807, 2.05) is 0 Å². The Labute approximate surface area is 148 Å². The highest BCUT2D eigenvalue weighted by Gasteiger charge is 2.32. The van der Waals surface area contributed by atoms with Crippen LogP contribution in [0.1, 0.15) is 58.8 Å². The highest BCUT2D eigenvalue weighted by atomic mass is 32.2. The fourth-order valence-corrected chi connectivity index (χ4v) is 5.33. The summed E-state index contributed by atoms with van der Waals surface area (Å²) in [6.07, 6.45) is 10.1. The molecule has 23 heavy (non-hydrogen) atoms. The second-order valence-corrected chi connectivity index (χ2v) is 8.97. The molecule has 0 spiro atoms. The first kappa shape index (κ1) is 18.9. The Hall–Kier alpha value is -0.470. The van der Waals surface area contributed by atoms with Crippen molar-refractivity contribution in [2.45, 2.75) is 75.0 Å². The summed E-state index contributed by atoms with van der Waals surface area (Å²) in [5.41, 5.74) is 0. The Balaban J connectivity index is 0.000000268. The van der Waals surface area contributed by atoms with Crippen LogP contribution < -0.4 is 0 Å². The maximum absolute atomic E-state index is 2.37. The molecule has 2 aliphatic carbocycles. The Kier molecular flexibility index (Phi) is 7.98. The number of rotatable bonds is 4. The molecule has 1 aromatic carbocycles. The predicted molar refractivity (Wildman–Crippen MR) is 104 cm³/mol. The smallest absolute Gasteiger partial charge is 0.0137 e. The normalized spacial score (nSPS) is 26.1. The molecule has 0 aromatic heterocycles. The monoisotopic (exact) mass is 333 g/mol. The summed E-state index contributed by atoms with van der Waals surface area (Å²) in [6, 6.07) is 11.5. The minimum absolute atomic E-state index is 0.693. The minimum Gasteiger partial charge on any atom is -0.306 e. The van der Waals surface area contributed by atoms with Crippen LogP contribution in [0, 0.1) is 11.8 Å². The van der Waals surface area contributed by atoms with E-state index in [1.165, 1.54) is 49.8 Å². The van der Waals surface area contributed by atoms with Crippen molar-refractivity contribution in [1.82, 2.24) is 4.90 Å². The second kappa shape index (κ2) is 9.74. The summed E-state index contributed by atoms with van der Waals surface area (Å²) in [6.45, 7) is 4.71. The Morgan fingerprint density at radius 3 is 2.13 bits per heavy atom. The largest absolute Gasteiger partial charge is 0.306 e. The molecule has 2 fully saturated rings. The Morgan fingerprint density at radius 2 is 1.61 bits per heavy atom. The Morgan fingerprint density at radius 1 is 0.957 bits per heavy atom. The molecule has 0 heterocycles. The van der Waals surface area contributed by atoms with Crippen LogP contribution >= 0.6 is 11.8 Å². The summed E-state index contributed by atoms with van der Waals surface area (Å²) in [4.78, 5) is 3.80. The summed E-state index contributed by atoms with van der Waals surface area (Å²) >= 11 is 2.08. The quantitative estimate of drug-likeness (QED) is 0.655. The van der Waals surface area contributed by atoms with Gasteiger partial charge in [-0.2, -0.15) is 0 Å². The van der Waals surface area contributed by atoms with Crippen molar-refractivity contribution in [2.24, 2.45) is 11.8 Å². The third-order valence-electron chi connectivity index (χ3n) is 5.61. The molecule has 2 saturated carbocycles. The van der Waals surface area contributed by atoms with Gasteiger partial charge in [0.15, 0.2) is 0 Å². The third-order valence-corrected chi connectivity index (χ3v) is 7.04. The van der Waals surface area contributed by atoms with E-state index in [0.717, 1.165) is 17.1 Å². The third kappa shape index (κ3) is 6.15. The summed E-state index contributed by atoms with van der Waals surface area (Å²) in [5.74, 6) is 1.89. The summed E-state index contributed by atoms with van der Waals surface area (Å²) in [7, 11) is 4.40. The molecule has 0 bridgehead atoms. The lowest BCUT2D eigenvalue weighted by Gasteiger charge is -2.30. The number of benzene rings is 1. The topological polar surface area (TPSA) is 3.24 Å². The van der Waals surface area contributed by atoms with Gasteiger partial charge in [0.2, 0.25) is 0 Å². The number of nitrogens with zero attached hydrogens (tertiary/aromatic N) is 1. The van der Waals surface area contributed by atoms with E-state index in [9.17, 15) is 0 Å². The summed E-state index contributed by atoms with van der Waals surface area (Å²) < 4.78 is 0.